The highest BCUT2D eigenvalue weighted by Gasteiger charge is 2.21. The van der Waals surface area contributed by atoms with E-state index in [2.05, 4.69) is 15.4 Å². The molecular formula is C16H16N4O3S2. The van der Waals surface area contributed by atoms with Crippen LogP contribution in [0.3, 0.4) is 0 Å². The molecule has 7 nitrogen and oxygen atoms in total. The molecule has 0 aliphatic carbocycles. The first-order chi connectivity index (χ1) is 12.0. The van der Waals surface area contributed by atoms with E-state index >= 15 is 0 Å². The Hall–Kier alpha value is -2.52. The van der Waals surface area contributed by atoms with Gasteiger partial charge in [-0.1, -0.05) is 13.0 Å². The Balaban J connectivity index is 1.83. The molecule has 0 aromatic carbocycles. The Morgan fingerprint density at radius 1 is 1.40 bits per heavy atom. The number of ether oxygens (including phenoxy) is 1. The van der Waals surface area contributed by atoms with Gasteiger partial charge in [-0.05, 0) is 23.9 Å². The highest BCUT2D eigenvalue weighted by Crippen LogP contribution is 2.26. The molecule has 1 amide bonds. The number of carbonyl (C=O) groups is 2. The summed E-state index contributed by atoms with van der Waals surface area (Å²) in [6.07, 6.45) is 0.631. The number of hydrogen-bond acceptors (Lipinski definition) is 7. The molecule has 0 saturated heterocycles. The number of rotatable bonds is 5. The summed E-state index contributed by atoms with van der Waals surface area (Å²) in [5.41, 5.74) is 1.40. The second kappa shape index (κ2) is 7.16. The normalized spacial score (nSPS) is 10.7. The van der Waals surface area contributed by atoms with Gasteiger partial charge in [0.25, 0.3) is 5.91 Å². The van der Waals surface area contributed by atoms with Gasteiger partial charge < -0.3 is 4.74 Å². The third kappa shape index (κ3) is 3.47. The van der Waals surface area contributed by atoms with Crippen molar-refractivity contribution in [2.75, 3.05) is 12.4 Å². The monoisotopic (exact) mass is 376 g/mol. The van der Waals surface area contributed by atoms with E-state index in [-0.39, 0.29) is 11.6 Å². The van der Waals surface area contributed by atoms with Gasteiger partial charge in [-0.2, -0.15) is 5.10 Å². The van der Waals surface area contributed by atoms with Gasteiger partial charge in [-0.15, -0.1) is 22.7 Å². The van der Waals surface area contributed by atoms with Crippen molar-refractivity contribution in [1.82, 2.24) is 14.8 Å². The van der Waals surface area contributed by atoms with Crippen LogP contribution in [-0.4, -0.2) is 33.8 Å². The molecule has 9 heteroatoms. The van der Waals surface area contributed by atoms with Crippen LogP contribution >= 0.6 is 22.7 Å². The molecule has 0 saturated carbocycles. The van der Waals surface area contributed by atoms with E-state index in [1.54, 1.807) is 24.5 Å². The summed E-state index contributed by atoms with van der Waals surface area (Å²) in [5, 5.41) is 9.43. The number of anilines is 1. The lowest BCUT2D eigenvalue weighted by atomic mass is 10.3. The number of nitrogens with zero attached hydrogens (tertiary/aromatic N) is 3. The fourth-order valence-corrected chi connectivity index (χ4v) is 3.85. The first-order valence-corrected chi connectivity index (χ1v) is 9.20. The number of aromatic nitrogens is 3. The predicted octanol–water partition coefficient (Wildman–Crippen LogP) is 3.21. The average Bonchev–Trinajstić information content (AvgIpc) is 3.32. The summed E-state index contributed by atoms with van der Waals surface area (Å²) >= 11 is 2.82. The lowest BCUT2D eigenvalue weighted by Gasteiger charge is -2.01. The number of thiophene rings is 1. The second-order valence-electron chi connectivity index (χ2n) is 5.11. The minimum atomic E-state index is -0.505. The lowest BCUT2D eigenvalue weighted by molar-refractivity contribution is 0.0593. The fraction of sp³-hybridized carbons (Fsp3) is 0.250. The Kier molecular flexibility index (Phi) is 4.95. The van der Waals surface area contributed by atoms with Crippen molar-refractivity contribution >= 4 is 39.7 Å². The number of amides is 1. The van der Waals surface area contributed by atoms with Crippen LogP contribution in [0.5, 0.6) is 0 Å². The zero-order valence-corrected chi connectivity index (χ0v) is 15.5. The van der Waals surface area contributed by atoms with Crippen LogP contribution in [0.4, 0.5) is 5.13 Å². The molecule has 25 heavy (non-hydrogen) atoms. The Bertz CT molecular complexity index is 912. The molecule has 1 N–H and O–H groups in total. The molecule has 0 spiro atoms. The van der Waals surface area contributed by atoms with E-state index in [0.29, 0.717) is 17.2 Å². The van der Waals surface area contributed by atoms with Gasteiger partial charge in [-0.25, -0.2) is 9.78 Å². The lowest BCUT2D eigenvalue weighted by Crippen LogP contribution is -2.16. The van der Waals surface area contributed by atoms with Gasteiger partial charge in [-0.3, -0.25) is 14.8 Å². The van der Waals surface area contributed by atoms with Crippen LogP contribution in [0.2, 0.25) is 0 Å². The Labute approximate surface area is 152 Å². The van der Waals surface area contributed by atoms with Gasteiger partial charge >= 0.3 is 5.97 Å². The number of methoxy groups -OCH3 is 1. The summed E-state index contributed by atoms with van der Waals surface area (Å²) in [6.45, 7) is 1.92. The van der Waals surface area contributed by atoms with E-state index in [4.69, 9.17) is 4.74 Å². The third-order valence-electron chi connectivity index (χ3n) is 3.50. The molecule has 0 radical (unpaired) electrons. The van der Waals surface area contributed by atoms with Crippen LogP contribution < -0.4 is 5.32 Å². The summed E-state index contributed by atoms with van der Waals surface area (Å²) < 4.78 is 6.25. The molecule has 0 atom stereocenters. The van der Waals surface area contributed by atoms with Crippen molar-refractivity contribution < 1.29 is 14.3 Å². The van der Waals surface area contributed by atoms with Gasteiger partial charge in [0.15, 0.2) is 10.8 Å². The number of aryl methyl sites for hydroxylation is 2. The highest BCUT2D eigenvalue weighted by molar-refractivity contribution is 7.16. The number of hydrogen-bond donors (Lipinski definition) is 1. The number of thiazole rings is 1. The van der Waals surface area contributed by atoms with Crippen molar-refractivity contribution in [2.45, 2.75) is 13.3 Å². The van der Waals surface area contributed by atoms with Gasteiger partial charge in [0.2, 0.25) is 0 Å². The van der Waals surface area contributed by atoms with Crippen LogP contribution in [0.1, 0.15) is 32.8 Å². The van der Waals surface area contributed by atoms with E-state index in [9.17, 15) is 9.59 Å². The smallest absolute Gasteiger partial charge is 0.357 e. The number of carbonyl (C=O) groups excluding carboxylic acids is 2. The van der Waals surface area contributed by atoms with E-state index in [0.717, 1.165) is 15.4 Å². The van der Waals surface area contributed by atoms with Crippen molar-refractivity contribution in [2.24, 2.45) is 7.05 Å². The molecule has 0 aliphatic rings. The predicted molar refractivity (Wildman–Crippen MR) is 97.3 cm³/mol. The highest BCUT2D eigenvalue weighted by atomic mass is 32.1. The SMILES string of the molecule is CCc1sc(NC(=O)c2cc(-c3cccs3)nn2C)nc1C(=O)OC. The average molecular weight is 376 g/mol. The standard InChI is InChI=1S/C16H16N4O3S2/c1-4-11-13(15(22)23-3)17-16(25-11)18-14(21)10-8-9(19-20(10)2)12-6-5-7-24-12/h5-8H,4H2,1-3H3,(H,17,18,21). The quantitative estimate of drug-likeness (QED) is 0.691. The molecule has 3 aromatic rings. The molecule has 0 aliphatic heterocycles. The third-order valence-corrected chi connectivity index (χ3v) is 5.51. The number of esters is 1. The second-order valence-corrected chi connectivity index (χ2v) is 7.14. The zero-order chi connectivity index (χ0) is 18.0. The summed E-state index contributed by atoms with van der Waals surface area (Å²) in [6, 6.07) is 5.62. The molecule has 3 rings (SSSR count). The molecule has 130 valence electrons. The van der Waals surface area contributed by atoms with Gasteiger partial charge in [0, 0.05) is 11.9 Å². The molecule has 3 aromatic heterocycles. The number of nitrogens with one attached hydrogen (secondary N) is 1. The van der Waals surface area contributed by atoms with E-state index in [1.165, 1.54) is 23.1 Å². The van der Waals surface area contributed by atoms with Gasteiger partial charge in [0.05, 0.1) is 12.0 Å². The minimum Gasteiger partial charge on any atom is -0.464 e. The van der Waals surface area contributed by atoms with Crippen molar-refractivity contribution in [3.05, 3.63) is 39.8 Å². The Morgan fingerprint density at radius 2 is 2.20 bits per heavy atom. The van der Waals surface area contributed by atoms with Crippen molar-refractivity contribution in [1.29, 1.82) is 0 Å². The zero-order valence-electron chi connectivity index (χ0n) is 13.9. The van der Waals surface area contributed by atoms with Crippen LogP contribution in [0.25, 0.3) is 10.6 Å². The maximum absolute atomic E-state index is 12.5. The fourth-order valence-electron chi connectivity index (χ4n) is 2.29. The summed E-state index contributed by atoms with van der Waals surface area (Å²) in [5.74, 6) is -0.834. The van der Waals surface area contributed by atoms with Crippen LogP contribution in [0, 0.1) is 0 Å². The molecule has 0 unspecified atom stereocenters. The first kappa shape index (κ1) is 17.3. The Morgan fingerprint density at radius 3 is 2.84 bits per heavy atom. The minimum absolute atomic E-state index is 0.245. The van der Waals surface area contributed by atoms with E-state index in [1.807, 2.05) is 24.4 Å². The van der Waals surface area contributed by atoms with Crippen molar-refractivity contribution in [3.63, 3.8) is 0 Å². The van der Waals surface area contributed by atoms with Gasteiger partial charge in [0.1, 0.15) is 11.4 Å². The maximum atomic E-state index is 12.5. The largest absolute Gasteiger partial charge is 0.464 e. The van der Waals surface area contributed by atoms with Crippen molar-refractivity contribution in [3.8, 4) is 10.6 Å². The van der Waals surface area contributed by atoms with E-state index < -0.39 is 5.97 Å². The molecule has 3 heterocycles. The summed E-state index contributed by atoms with van der Waals surface area (Å²) in [7, 11) is 3.02. The van der Waals surface area contributed by atoms with Crippen LogP contribution in [0.15, 0.2) is 23.6 Å². The maximum Gasteiger partial charge on any atom is 0.357 e. The molecule has 0 fully saturated rings. The molecule has 0 bridgehead atoms. The topological polar surface area (TPSA) is 86.1 Å². The first-order valence-electron chi connectivity index (χ1n) is 7.50. The van der Waals surface area contributed by atoms with Crippen LogP contribution in [-0.2, 0) is 18.2 Å². The molecular weight excluding hydrogens is 360 g/mol. The summed E-state index contributed by atoms with van der Waals surface area (Å²) in [4.78, 5) is 30.2.